The van der Waals surface area contributed by atoms with Gasteiger partial charge in [-0.2, -0.15) is 0 Å². The largest absolute Gasteiger partial charge is 0.367 e. The summed E-state index contributed by atoms with van der Waals surface area (Å²) in [5.74, 6) is -2.61. The Morgan fingerprint density at radius 1 is 1.42 bits per heavy atom. The highest BCUT2D eigenvalue weighted by Crippen LogP contribution is 2.20. The van der Waals surface area contributed by atoms with Crippen molar-refractivity contribution in [2.24, 2.45) is 0 Å². The van der Waals surface area contributed by atoms with E-state index in [4.69, 9.17) is 16.3 Å². The zero-order valence-electron chi connectivity index (χ0n) is 7.04. The van der Waals surface area contributed by atoms with Crippen molar-refractivity contribution in [1.82, 2.24) is 0 Å². The van der Waals surface area contributed by atoms with Crippen molar-refractivity contribution in [3.63, 3.8) is 0 Å². The second-order valence-corrected chi connectivity index (χ2v) is 3.90. The molecule has 0 saturated carbocycles. The molecule has 0 fully saturated rings. The van der Waals surface area contributed by atoms with Gasteiger partial charge in [-0.15, -0.1) is 11.6 Å². The van der Waals surface area contributed by atoms with Crippen molar-refractivity contribution < 1.29 is 13.5 Å². The predicted octanol–water partition coefficient (Wildman–Crippen LogP) is 3.05. The molecule has 1 nitrogen and oxygen atoms in total. The quantitative estimate of drug-likeness (QED) is 0.694. The fraction of sp³-hybridized carbons (Fsp3) is 1.00. The maximum Gasteiger partial charge on any atom is 0.268 e. The minimum absolute atomic E-state index is 0.189. The molecule has 0 spiro atoms. The molecule has 0 aliphatic carbocycles. The van der Waals surface area contributed by atoms with Crippen molar-refractivity contribution in [2.75, 3.05) is 17.8 Å². The lowest BCUT2D eigenvalue weighted by atomic mass is 10.2. The van der Waals surface area contributed by atoms with Gasteiger partial charge >= 0.3 is 0 Å². The summed E-state index contributed by atoms with van der Waals surface area (Å²) >= 11 is 8.68. The van der Waals surface area contributed by atoms with Crippen molar-refractivity contribution in [2.45, 2.75) is 25.4 Å². The molecule has 0 heterocycles. The van der Waals surface area contributed by atoms with Gasteiger partial charge in [-0.3, -0.25) is 0 Å². The number of ether oxygens (including phenoxy) is 1. The number of hydrogen-bond acceptors (Lipinski definition) is 1. The molecule has 0 rings (SSSR count). The van der Waals surface area contributed by atoms with Crippen LogP contribution in [0, 0.1) is 0 Å². The van der Waals surface area contributed by atoms with Crippen LogP contribution in [0.2, 0.25) is 0 Å². The highest BCUT2D eigenvalue weighted by molar-refractivity contribution is 9.09. The second-order valence-electron chi connectivity index (χ2n) is 3.08. The lowest BCUT2D eigenvalue weighted by Gasteiger charge is -2.26. The van der Waals surface area contributed by atoms with Gasteiger partial charge < -0.3 is 4.74 Å². The molecule has 5 heteroatoms. The van der Waals surface area contributed by atoms with Gasteiger partial charge in [0, 0.05) is 12.3 Å². The molecule has 1 unspecified atom stereocenters. The SMILES string of the molecule is CC(F)(F)COC(C)(CCl)CBr. The molecule has 0 aliphatic heterocycles. The van der Waals surface area contributed by atoms with Crippen LogP contribution >= 0.6 is 27.5 Å². The molecule has 0 bridgehead atoms. The molecular weight excluding hydrogens is 253 g/mol. The highest BCUT2D eigenvalue weighted by atomic mass is 79.9. The summed E-state index contributed by atoms with van der Waals surface area (Å²) in [6.45, 7) is 1.90. The Kier molecular flexibility index (Phi) is 4.95. The van der Waals surface area contributed by atoms with E-state index in [2.05, 4.69) is 15.9 Å². The predicted molar refractivity (Wildman–Crippen MR) is 49.5 cm³/mol. The van der Waals surface area contributed by atoms with Crippen LogP contribution in [0.1, 0.15) is 13.8 Å². The van der Waals surface area contributed by atoms with Crippen molar-refractivity contribution in [1.29, 1.82) is 0 Å². The summed E-state index contributed by atoms with van der Waals surface area (Å²) in [7, 11) is 0. The van der Waals surface area contributed by atoms with Crippen molar-refractivity contribution >= 4 is 27.5 Å². The highest BCUT2D eigenvalue weighted by Gasteiger charge is 2.29. The molecule has 0 aromatic carbocycles. The van der Waals surface area contributed by atoms with Crippen LogP contribution < -0.4 is 0 Å². The Morgan fingerprint density at radius 3 is 2.17 bits per heavy atom. The van der Waals surface area contributed by atoms with Crippen molar-refractivity contribution in [3.05, 3.63) is 0 Å². The van der Waals surface area contributed by atoms with Gasteiger partial charge in [0.2, 0.25) is 0 Å². The Balaban J connectivity index is 3.89. The Hall–Kier alpha value is 0.590. The molecular formula is C7H12BrClF2O. The van der Waals surface area contributed by atoms with E-state index in [0.29, 0.717) is 5.33 Å². The van der Waals surface area contributed by atoms with Crippen LogP contribution in [0.25, 0.3) is 0 Å². The normalized spacial score (nSPS) is 17.5. The van der Waals surface area contributed by atoms with Crippen LogP contribution in [0.5, 0.6) is 0 Å². The third-order valence-electron chi connectivity index (χ3n) is 1.24. The monoisotopic (exact) mass is 264 g/mol. The van der Waals surface area contributed by atoms with E-state index >= 15 is 0 Å². The van der Waals surface area contributed by atoms with Crippen LogP contribution in [-0.2, 0) is 4.74 Å². The van der Waals surface area contributed by atoms with E-state index in [0.717, 1.165) is 6.92 Å². The minimum Gasteiger partial charge on any atom is -0.367 e. The molecule has 1 atom stereocenters. The molecule has 0 radical (unpaired) electrons. The van der Waals surface area contributed by atoms with E-state index in [9.17, 15) is 8.78 Å². The van der Waals surface area contributed by atoms with Crippen molar-refractivity contribution in [3.8, 4) is 0 Å². The lowest BCUT2D eigenvalue weighted by molar-refractivity contribution is -0.108. The maximum absolute atomic E-state index is 12.3. The first-order chi connectivity index (χ1) is 5.33. The summed E-state index contributed by atoms with van der Waals surface area (Å²) in [6.07, 6.45) is 0. The fourth-order valence-corrected chi connectivity index (χ4v) is 1.17. The van der Waals surface area contributed by atoms with Gasteiger partial charge in [0.15, 0.2) is 0 Å². The van der Waals surface area contributed by atoms with Crippen LogP contribution in [0.3, 0.4) is 0 Å². The first-order valence-electron chi connectivity index (χ1n) is 3.47. The van der Waals surface area contributed by atoms with Crippen LogP contribution in [0.15, 0.2) is 0 Å². The molecule has 0 N–H and O–H groups in total. The molecule has 0 saturated heterocycles. The van der Waals surface area contributed by atoms with E-state index in [1.54, 1.807) is 6.92 Å². The Labute approximate surface area is 84.5 Å². The van der Waals surface area contributed by atoms with Gasteiger partial charge in [-0.1, -0.05) is 15.9 Å². The Bertz CT molecular complexity index is 134. The molecule has 0 aliphatic rings. The van der Waals surface area contributed by atoms with E-state index < -0.39 is 18.1 Å². The maximum atomic E-state index is 12.3. The molecule has 12 heavy (non-hydrogen) atoms. The average Bonchev–Trinajstić information content (AvgIpc) is 1.99. The van der Waals surface area contributed by atoms with E-state index in [1.807, 2.05) is 0 Å². The third kappa shape index (κ3) is 5.27. The smallest absolute Gasteiger partial charge is 0.268 e. The van der Waals surface area contributed by atoms with E-state index in [1.165, 1.54) is 0 Å². The van der Waals surface area contributed by atoms with Crippen LogP contribution in [0.4, 0.5) is 8.78 Å². The van der Waals surface area contributed by atoms with Gasteiger partial charge in [-0.05, 0) is 6.92 Å². The summed E-state index contributed by atoms with van der Waals surface area (Å²) in [4.78, 5) is 0. The standard InChI is InChI=1S/C7H12BrClF2O/c1-6(3-8,4-9)12-5-7(2,10)11/h3-5H2,1-2H3. The zero-order valence-corrected chi connectivity index (χ0v) is 9.38. The number of alkyl halides is 4. The first kappa shape index (κ1) is 12.6. The molecule has 0 amide bonds. The summed E-state index contributed by atoms with van der Waals surface area (Å²) < 4.78 is 29.6. The van der Waals surface area contributed by atoms with Crippen LogP contribution in [-0.4, -0.2) is 29.3 Å². The lowest BCUT2D eigenvalue weighted by Crippen LogP contribution is -2.37. The second kappa shape index (κ2) is 4.72. The molecule has 0 aromatic heterocycles. The third-order valence-corrected chi connectivity index (χ3v) is 2.99. The first-order valence-corrected chi connectivity index (χ1v) is 5.12. The number of rotatable bonds is 5. The van der Waals surface area contributed by atoms with Gasteiger partial charge in [0.05, 0.1) is 11.5 Å². The minimum atomic E-state index is -2.80. The van der Waals surface area contributed by atoms with Gasteiger partial charge in [0.1, 0.15) is 6.61 Å². The molecule has 74 valence electrons. The topological polar surface area (TPSA) is 9.23 Å². The van der Waals surface area contributed by atoms with E-state index in [-0.39, 0.29) is 5.88 Å². The number of halogens is 4. The van der Waals surface area contributed by atoms with Gasteiger partial charge in [-0.25, -0.2) is 8.78 Å². The summed E-state index contributed by atoms with van der Waals surface area (Å²) in [6, 6.07) is 0. The summed E-state index contributed by atoms with van der Waals surface area (Å²) in [5.41, 5.74) is -0.707. The number of hydrogen-bond donors (Lipinski definition) is 0. The van der Waals surface area contributed by atoms with Gasteiger partial charge in [0.25, 0.3) is 5.92 Å². The summed E-state index contributed by atoms with van der Waals surface area (Å²) in [5, 5.41) is 0.444. The zero-order chi connectivity index (χ0) is 9.83. The Morgan fingerprint density at radius 2 is 1.92 bits per heavy atom. The fourth-order valence-electron chi connectivity index (χ4n) is 0.414. The molecule has 0 aromatic rings. The average molecular weight is 266 g/mol.